The van der Waals surface area contributed by atoms with Crippen molar-refractivity contribution in [2.45, 2.75) is 19.5 Å². The van der Waals surface area contributed by atoms with E-state index in [-0.39, 0.29) is 29.8 Å². The van der Waals surface area contributed by atoms with Gasteiger partial charge in [0.05, 0.1) is 0 Å². The van der Waals surface area contributed by atoms with Crippen molar-refractivity contribution in [3.05, 3.63) is 71.5 Å². The molecule has 0 saturated carbocycles. The number of rotatable bonds is 8. The van der Waals surface area contributed by atoms with Crippen LogP contribution >= 0.6 is 24.0 Å². The molecule has 0 amide bonds. The molecule has 0 heterocycles. The number of halogens is 2. The van der Waals surface area contributed by atoms with Crippen LogP contribution in [-0.2, 0) is 13.1 Å². The quantitative estimate of drug-likeness (QED) is 0.268. The molecular formula is C20H28FIN4. The fourth-order valence-electron chi connectivity index (χ4n) is 2.57. The van der Waals surface area contributed by atoms with Crippen molar-refractivity contribution in [2.75, 3.05) is 27.2 Å². The van der Waals surface area contributed by atoms with Crippen molar-refractivity contribution in [3.8, 4) is 0 Å². The van der Waals surface area contributed by atoms with Crippen molar-refractivity contribution >= 4 is 29.9 Å². The summed E-state index contributed by atoms with van der Waals surface area (Å²) >= 11 is 0. The van der Waals surface area contributed by atoms with Gasteiger partial charge in [-0.1, -0.05) is 48.5 Å². The van der Waals surface area contributed by atoms with Crippen LogP contribution < -0.4 is 10.6 Å². The van der Waals surface area contributed by atoms with Crippen molar-refractivity contribution in [2.24, 2.45) is 4.99 Å². The Hall–Kier alpha value is -1.67. The van der Waals surface area contributed by atoms with Gasteiger partial charge in [0.1, 0.15) is 5.82 Å². The fraction of sp³-hybridized carbons (Fsp3) is 0.350. The molecule has 142 valence electrons. The molecule has 0 aliphatic heterocycles. The molecule has 26 heavy (non-hydrogen) atoms. The van der Waals surface area contributed by atoms with Crippen LogP contribution in [0.5, 0.6) is 0 Å². The van der Waals surface area contributed by atoms with E-state index >= 15 is 0 Å². The first-order valence-electron chi connectivity index (χ1n) is 8.59. The van der Waals surface area contributed by atoms with Crippen LogP contribution in [-0.4, -0.2) is 38.0 Å². The number of nitrogens with one attached hydrogen (secondary N) is 2. The van der Waals surface area contributed by atoms with Crippen molar-refractivity contribution < 1.29 is 4.39 Å². The zero-order chi connectivity index (χ0) is 17.9. The van der Waals surface area contributed by atoms with Gasteiger partial charge in [0.25, 0.3) is 0 Å². The van der Waals surface area contributed by atoms with Gasteiger partial charge in [0.2, 0.25) is 0 Å². The largest absolute Gasteiger partial charge is 0.356 e. The lowest BCUT2D eigenvalue weighted by molar-refractivity contribution is 0.322. The van der Waals surface area contributed by atoms with E-state index < -0.39 is 0 Å². The van der Waals surface area contributed by atoms with Gasteiger partial charge in [-0.25, -0.2) is 4.39 Å². The summed E-state index contributed by atoms with van der Waals surface area (Å²) in [5.41, 5.74) is 1.95. The Morgan fingerprint density at radius 2 is 1.73 bits per heavy atom. The maximum Gasteiger partial charge on any atom is 0.191 e. The zero-order valence-corrected chi connectivity index (χ0v) is 17.7. The molecule has 0 aromatic heterocycles. The molecule has 0 aliphatic carbocycles. The van der Waals surface area contributed by atoms with Gasteiger partial charge in [-0.3, -0.25) is 4.99 Å². The first-order valence-corrected chi connectivity index (χ1v) is 8.59. The van der Waals surface area contributed by atoms with Crippen molar-refractivity contribution in [1.82, 2.24) is 15.5 Å². The Labute approximate surface area is 172 Å². The van der Waals surface area contributed by atoms with Crippen molar-refractivity contribution in [1.29, 1.82) is 0 Å². The first-order chi connectivity index (χ1) is 12.2. The molecule has 2 N–H and O–H groups in total. The van der Waals surface area contributed by atoms with Gasteiger partial charge in [0, 0.05) is 32.2 Å². The third-order valence-electron chi connectivity index (χ3n) is 3.93. The van der Waals surface area contributed by atoms with Crippen molar-refractivity contribution in [3.63, 3.8) is 0 Å². The van der Waals surface area contributed by atoms with E-state index in [1.807, 2.05) is 12.1 Å². The zero-order valence-electron chi connectivity index (χ0n) is 15.4. The molecule has 2 rings (SSSR count). The summed E-state index contributed by atoms with van der Waals surface area (Å²) in [5.74, 6) is 0.488. The molecular weight excluding hydrogens is 442 g/mol. The summed E-state index contributed by atoms with van der Waals surface area (Å²) in [6.45, 7) is 3.17. The molecule has 4 nitrogen and oxygen atoms in total. The van der Waals surface area contributed by atoms with E-state index in [0.717, 1.165) is 26.1 Å². The van der Waals surface area contributed by atoms with Crippen LogP contribution in [0.4, 0.5) is 4.39 Å². The number of aliphatic imine (C=N–C) groups is 1. The summed E-state index contributed by atoms with van der Waals surface area (Å²) in [6, 6.07) is 17.2. The number of hydrogen-bond donors (Lipinski definition) is 2. The van der Waals surface area contributed by atoms with Gasteiger partial charge in [-0.2, -0.15) is 0 Å². The number of benzene rings is 2. The van der Waals surface area contributed by atoms with Gasteiger partial charge in [-0.05, 0) is 31.6 Å². The minimum absolute atomic E-state index is 0. The van der Waals surface area contributed by atoms with Crippen LogP contribution in [0.25, 0.3) is 0 Å². The molecule has 0 bridgehead atoms. The van der Waals surface area contributed by atoms with E-state index in [1.165, 1.54) is 11.6 Å². The molecule has 0 unspecified atom stereocenters. The van der Waals surface area contributed by atoms with Gasteiger partial charge in [-0.15, -0.1) is 24.0 Å². The minimum atomic E-state index is -0.201. The van der Waals surface area contributed by atoms with Crippen LogP contribution in [0.15, 0.2) is 59.6 Å². The smallest absolute Gasteiger partial charge is 0.191 e. The molecule has 0 aliphatic rings. The Balaban J connectivity index is 0.00000338. The molecule has 0 spiro atoms. The van der Waals surface area contributed by atoms with Crippen LogP contribution in [0, 0.1) is 5.82 Å². The predicted molar refractivity (Wildman–Crippen MR) is 117 cm³/mol. The number of nitrogens with zero attached hydrogens (tertiary/aromatic N) is 2. The third kappa shape index (κ3) is 8.14. The molecule has 2 aromatic rings. The van der Waals surface area contributed by atoms with Gasteiger partial charge >= 0.3 is 0 Å². The lowest BCUT2D eigenvalue weighted by Crippen LogP contribution is -2.38. The number of hydrogen-bond acceptors (Lipinski definition) is 2. The molecule has 2 aromatic carbocycles. The summed E-state index contributed by atoms with van der Waals surface area (Å²) in [6.07, 6.45) is 1.00. The number of guanidine groups is 1. The molecule has 6 heteroatoms. The lowest BCUT2D eigenvalue weighted by Gasteiger charge is -2.17. The van der Waals surface area contributed by atoms with E-state index in [2.05, 4.69) is 51.8 Å². The predicted octanol–water partition coefficient (Wildman–Crippen LogP) is 3.63. The SMILES string of the molecule is CN=C(NCCCN(C)Cc1ccccc1)NCc1ccccc1F.I. The highest BCUT2D eigenvalue weighted by molar-refractivity contribution is 14.0. The second kappa shape index (κ2) is 12.6. The average Bonchev–Trinajstić information content (AvgIpc) is 2.63. The Morgan fingerprint density at radius 3 is 2.42 bits per heavy atom. The summed E-state index contributed by atoms with van der Waals surface area (Å²) in [5, 5.41) is 6.41. The molecule has 0 saturated heterocycles. The first kappa shape index (κ1) is 22.4. The molecule has 0 atom stereocenters. The van der Waals surface area contributed by atoms with Gasteiger partial charge in [0.15, 0.2) is 5.96 Å². The minimum Gasteiger partial charge on any atom is -0.356 e. The van der Waals surface area contributed by atoms with E-state index in [9.17, 15) is 4.39 Å². The maximum absolute atomic E-state index is 13.6. The monoisotopic (exact) mass is 470 g/mol. The van der Waals surface area contributed by atoms with Crippen LogP contribution in [0.2, 0.25) is 0 Å². The molecule has 0 fully saturated rings. The van der Waals surface area contributed by atoms with Crippen LogP contribution in [0.1, 0.15) is 17.5 Å². The summed E-state index contributed by atoms with van der Waals surface area (Å²) in [4.78, 5) is 6.47. The fourth-order valence-corrected chi connectivity index (χ4v) is 2.57. The van der Waals surface area contributed by atoms with E-state index in [1.54, 1.807) is 19.2 Å². The van der Waals surface area contributed by atoms with E-state index in [4.69, 9.17) is 0 Å². The Kier molecular flexibility index (Phi) is 10.9. The normalized spacial score (nSPS) is 11.2. The maximum atomic E-state index is 13.6. The highest BCUT2D eigenvalue weighted by Crippen LogP contribution is 2.05. The van der Waals surface area contributed by atoms with E-state index in [0.29, 0.717) is 18.1 Å². The van der Waals surface area contributed by atoms with Gasteiger partial charge < -0.3 is 15.5 Å². The summed E-state index contributed by atoms with van der Waals surface area (Å²) < 4.78 is 13.6. The average molecular weight is 470 g/mol. The second-order valence-corrected chi connectivity index (χ2v) is 6.02. The molecule has 0 radical (unpaired) electrons. The highest BCUT2D eigenvalue weighted by atomic mass is 127. The Morgan fingerprint density at radius 1 is 1.04 bits per heavy atom. The standard InChI is InChI=1S/C20H27FN4.HI/c1-22-20(24-15-18-11-6-7-12-19(18)21)23-13-8-14-25(2)16-17-9-4-3-5-10-17;/h3-7,9-12H,8,13-16H2,1-2H3,(H2,22,23,24);1H. The topological polar surface area (TPSA) is 39.7 Å². The summed E-state index contributed by atoms with van der Waals surface area (Å²) in [7, 11) is 3.84. The highest BCUT2D eigenvalue weighted by Gasteiger charge is 2.03. The second-order valence-electron chi connectivity index (χ2n) is 6.02. The lowest BCUT2D eigenvalue weighted by atomic mass is 10.2. The van der Waals surface area contributed by atoms with Crippen LogP contribution in [0.3, 0.4) is 0 Å². The third-order valence-corrected chi connectivity index (χ3v) is 3.93. The Bertz CT molecular complexity index is 664.